The number of rotatable bonds is 4. The lowest BCUT2D eigenvalue weighted by Gasteiger charge is -2.18. The Morgan fingerprint density at radius 1 is 1.19 bits per heavy atom. The minimum Gasteiger partial charge on any atom is -0.511 e. The number of thioether (sulfide) groups is 1. The molecule has 0 unspecified atom stereocenters. The number of allylic oxidation sites excluding steroid dienone is 2. The highest BCUT2D eigenvalue weighted by Crippen LogP contribution is 2.40. The Balaban J connectivity index is 2.11. The van der Waals surface area contributed by atoms with Gasteiger partial charge in [0.2, 0.25) is 5.78 Å². The van der Waals surface area contributed by atoms with E-state index in [-0.39, 0.29) is 34.1 Å². The van der Waals surface area contributed by atoms with Gasteiger partial charge in [0.1, 0.15) is 17.0 Å². The molecule has 1 aromatic carbocycles. The van der Waals surface area contributed by atoms with E-state index in [1.54, 1.807) is 12.1 Å². The molecular formula is C19H22ClNO4S2. The van der Waals surface area contributed by atoms with Crippen LogP contribution in [0, 0.1) is 0 Å². The van der Waals surface area contributed by atoms with Crippen LogP contribution in [-0.4, -0.2) is 38.6 Å². The Morgan fingerprint density at radius 2 is 1.89 bits per heavy atom. The molecule has 1 heterocycles. The van der Waals surface area contributed by atoms with Crippen molar-refractivity contribution in [1.29, 1.82) is 0 Å². The predicted molar refractivity (Wildman–Crippen MR) is 110 cm³/mol. The van der Waals surface area contributed by atoms with Gasteiger partial charge in [0.05, 0.1) is 14.8 Å². The third-order valence-corrected chi connectivity index (χ3v) is 8.36. The van der Waals surface area contributed by atoms with Crippen molar-refractivity contribution in [3.8, 4) is 0 Å². The highest BCUT2D eigenvalue weighted by molar-refractivity contribution is 7.98. The Kier molecular flexibility index (Phi) is 6.33. The average molecular weight is 428 g/mol. The molecule has 146 valence electrons. The molecule has 0 saturated carbocycles. The molecule has 2 aliphatic rings. The van der Waals surface area contributed by atoms with Gasteiger partial charge in [-0.25, -0.2) is 4.21 Å². The van der Waals surface area contributed by atoms with Crippen molar-refractivity contribution in [2.75, 3.05) is 17.8 Å². The monoisotopic (exact) mass is 427 g/mol. The fourth-order valence-corrected chi connectivity index (χ4v) is 6.60. The first kappa shape index (κ1) is 20.4. The number of hydrogen-bond acceptors (Lipinski definition) is 6. The number of aliphatic hydroxyl groups is 1. The summed E-state index contributed by atoms with van der Waals surface area (Å²) >= 11 is 7.93. The lowest BCUT2D eigenvalue weighted by molar-refractivity contribution is -0.116. The van der Waals surface area contributed by atoms with Crippen molar-refractivity contribution in [2.24, 2.45) is 4.36 Å². The number of hydrogen-bond donors (Lipinski definition) is 1. The molecule has 1 aromatic rings. The van der Waals surface area contributed by atoms with Gasteiger partial charge in [-0.2, -0.15) is 4.36 Å². The van der Waals surface area contributed by atoms with Crippen LogP contribution in [-0.2, 0) is 14.5 Å². The van der Waals surface area contributed by atoms with Gasteiger partial charge >= 0.3 is 0 Å². The Labute approximate surface area is 168 Å². The van der Waals surface area contributed by atoms with E-state index in [2.05, 4.69) is 4.36 Å². The molecule has 27 heavy (non-hydrogen) atoms. The van der Waals surface area contributed by atoms with Crippen LogP contribution in [0.2, 0.25) is 5.02 Å². The molecule has 0 spiro atoms. The third kappa shape index (κ3) is 4.25. The maximum atomic E-state index is 13.1. The zero-order chi connectivity index (χ0) is 19.6. The lowest BCUT2D eigenvalue weighted by atomic mass is 9.90. The molecule has 0 amide bonds. The summed E-state index contributed by atoms with van der Waals surface area (Å²) in [7, 11) is -2.40. The quantitative estimate of drug-likeness (QED) is 0.411. The molecular weight excluding hydrogens is 406 g/mol. The summed E-state index contributed by atoms with van der Waals surface area (Å²) in [6.45, 7) is 0. The SMILES string of the molecule is CSc1ccc(C(=O)C2=C(O)CCCC2=O)c(Cl)c1N=S1(=O)CCCCC1. The second-order valence-corrected chi connectivity index (χ2v) is 10.5. The smallest absolute Gasteiger partial charge is 0.201 e. The largest absolute Gasteiger partial charge is 0.511 e. The zero-order valence-electron chi connectivity index (χ0n) is 15.1. The predicted octanol–water partition coefficient (Wildman–Crippen LogP) is 5.09. The van der Waals surface area contributed by atoms with E-state index in [0.29, 0.717) is 30.0 Å². The third-order valence-electron chi connectivity index (χ3n) is 4.84. The minimum atomic E-state index is -2.40. The van der Waals surface area contributed by atoms with Gasteiger partial charge in [-0.15, -0.1) is 11.8 Å². The Morgan fingerprint density at radius 3 is 2.52 bits per heavy atom. The van der Waals surface area contributed by atoms with Crippen LogP contribution in [0.1, 0.15) is 48.9 Å². The fraction of sp³-hybridized carbons (Fsp3) is 0.474. The zero-order valence-corrected chi connectivity index (χ0v) is 17.5. The number of halogens is 1. The van der Waals surface area contributed by atoms with E-state index in [1.165, 1.54) is 11.8 Å². The van der Waals surface area contributed by atoms with Crippen LogP contribution in [0.25, 0.3) is 0 Å². The number of benzene rings is 1. The van der Waals surface area contributed by atoms with E-state index in [0.717, 1.165) is 24.2 Å². The second-order valence-electron chi connectivity index (χ2n) is 6.74. The lowest BCUT2D eigenvalue weighted by Crippen LogP contribution is -2.20. The van der Waals surface area contributed by atoms with Crippen LogP contribution < -0.4 is 0 Å². The van der Waals surface area contributed by atoms with Crippen LogP contribution in [0.5, 0.6) is 0 Å². The van der Waals surface area contributed by atoms with Crippen LogP contribution in [0.15, 0.2) is 32.7 Å². The molecule has 3 rings (SSSR count). The van der Waals surface area contributed by atoms with Gasteiger partial charge in [-0.1, -0.05) is 18.0 Å². The molecule has 1 aliphatic carbocycles. The van der Waals surface area contributed by atoms with Crippen molar-refractivity contribution in [3.05, 3.63) is 34.1 Å². The molecule has 1 fully saturated rings. The fourth-order valence-electron chi connectivity index (χ4n) is 3.38. The molecule has 0 atom stereocenters. The molecule has 1 N–H and O–H groups in total. The van der Waals surface area contributed by atoms with Gasteiger partial charge in [-0.05, 0) is 37.7 Å². The molecule has 1 aliphatic heterocycles. The summed E-state index contributed by atoms with van der Waals surface area (Å²) < 4.78 is 17.6. The highest BCUT2D eigenvalue weighted by Gasteiger charge is 2.30. The topological polar surface area (TPSA) is 83.8 Å². The van der Waals surface area contributed by atoms with Gasteiger partial charge in [0.25, 0.3) is 0 Å². The molecule has 8 heteroatoms. The number of carbonyl (C=O) groups is 2. The summed E-state index contributed by atoms with van der Waals surface area (Å²) in [5, 5.41) is 10.2. The maximum Gasteiger partial charge on any atom is 0.201 e. The van der Waals surface area contributed by atoms with E-state index in [9.17, 15) is 18.9 Å². The Bertz CT molecular complexity index is 933. The highest BCUT2D eigenvalue weighted by atomic mass is 35.5. The molecule has 0 aromatic heterocycles. The maximum absolute atomic E-state index is 13.1. The second kappa shape index (κ2) is 8.37. The molecule has 1 saturated heterocycles. The summed E-state index contributed by atoms with van der Waals surface area (Å²) in [5.74, 6) is -0.0900. The number of ketones is 2. The van der Waals surface area contributed by atoms with E-state index in [1.807, 2.05) is 6.26 Å². The average Bonchev–Trinajstić information content (AvgIpc) is 2.63. The number of Topliss-reactive ketones (excluding diaryl/α,β-unsaturated/α-hetero) is 2. The first-order valence-corrected chi connectivity index (χ1v) is 12.4. The molecule has 5 nitrogen and oxygen atoms in total. The molecule has 0 bridgehead atoms. The van der Waals surface area contributed by atoms with Gasteiger partial charge in [-0.3, -0.25) is 9.59 Å². The van der Waals surface area contributed by atoms with Crippen LogP contribution in [0.3, 0.4) is 0 Å². The van der Waals surface area contributed by atoms with Crippen molar-refractivity contribution in [3.63, 3.8) is 0 Å². The Hall–Kier alpha value is -1.31. The first-order valence-electron chi connectivity index (χ1n) is 8.95. The number of aliphatic hydroxyl groups excluding tert-OH is 1. The van der Waals surface area contributed by atoms with Crippen molar-refractivity contribution in [1.82, 2.24) is 0 Å². The first-order chi connectivity index (χ1) is 12.9. The van der Waals surface area contributed by atoms with E-state index < -0.39 is 15.5 Å². The van der Waals surface area contributed by atoms with Crippen LogP contribution >= 0.6 is 23.4 Å². The van der Waals surface area contributed by atoms with Crippen molar-refractivity contribution in [2.45, 2.75) is 43.4 Å². The van der Waals surface area contributed by atoms with Crippen molar-refractivity contribution >= 4 is 50.3 Å². The van der Waals surface area contributed by atoms with E-state index >= 15 is 0 Å². The minimum absolute atomic E-state index is 0.0961. The van der Waals surface area contributed by atoms with Gasteiger partial charge < -0.3 is 5.11 Å². The number of nitrogens with zero attached hydrogens (tertiary/aromatic N) is 1. The van der Waals surface area contributed by atoms with Gasteiger partial charge in [0, 0.05) is 34.8 Å². The summed E-state index contributed by atoms with van der Waals surface area (Å²) in [5.41, 5.74) is 0.280. The summed E-state index contributed by atoms with van der Waals surface area (Å²) in [6.07, 6.45) is 5.70. The van der Waals surface area contributed by atoms with Gasteiger partial charge in [0.15, 0.2) is 5.78 Å². The number of carbonyl (C=O) groups excluding carboxylic acids is 2. The van der Waals surface area contributed by atoms with Crippen LogP contribution in [0.4, 0.5) is 5.69 Å². The van der Waals surface area contributed by atoms with Crippen molar-refractivity contribution < 1.29 is 18.9 Å². The molecule has 0 radical (unpaired) electrons. The van der Waals surface area contributed by atoms with E-state index in [4.69, 9.17) is 11.6 Å². The summed E-state index contributed by atoms with van der Waals surface area (Å²) in [4.78, 5) is 25.8. The standard InChI is InChI=1S/C19H22ClNO4S2/c1-26-15-9-8-12(19(24)16-13(22)6-5-7-14(16)23)17(20)18(15)21-27(25)10-3-2-4-11-27/h8-9,22H,2-7,10-11H2,1H3. The summed E-state index contributed by atoms with van der Waals surface area (Å²) in [6, 6.07) is 3.25. The normalized spacial score (nSPS) is 19.9.